The standard InChI is InChI=1S/C32H36N2OS3/c1-5-33-27-15-21(3)7-13-29(27)36-31(33)18-22-8-10-24-11-9-23(17-25(24)16-22)19-32-34(6-2)28-20-26(38-35-4)12-14-30(28)37-32/h7,12-20,24,32H,5-6,8-11H2,1-4H3/p+1/b23-19+,31-18-. The molecule has 0 radical (unpaired) electrons. The van der Waals surface area contributed by atoms with E-state index in [0.717, 1.165) is 13.1 Å². The number of aryl methyl sites for hydroxylation is 1. The molecule has 3 atom stereocenters. The predicted octanol–water partition coefficient (Wildman–Crippen LogP) is 8.07. The number of rotatable bonds is 6. The molecule has 0 aromatic heterocycles. The zero-order chi connectivity index (χ0) is 26.2. The van der Waals surface area contributed by atoms with Crippen LogP contribution in [0, 0.1) is 12.8 Å². The normalized spacial score (nSPS) is 26.3. The van der Waals surface area contributed by atoms with E-state index in [1.807, 2.05) is 23.5 Å². The summed E-state index contributed by atoms with van der Waals surface area (Å²) in [6.45, 7) is 8.83. The van der Waals surface area contributed by atoms with Crippen molar-refractivity contribution in [2.45, 2.75) is 66.5 Å². The number of hydrogen-bond donors (Lipinski definition) is 1. The van der Waals surface area contributed by atoms with E-state index in [1.54, 1.807) is 12.0 Å². The summed E-state index contributed by atoms with van der Waals surface area (Å²) in [5.74, 6) is 0.712. The Morgan fingerprint density at radius 3 is 2.74 bits per heavy atom. The molecule has 0 fully saturated rings. The maximum atomic E-state index is 5.31. The molecule has 6 heteroatoms. The SMILES string of the molecule is CCN1/C(=C/C2=CC3=C/C(=C/C4Sc5ccc(SOC)cc5[NH+]4CC)CCC3CC2)Sc2ccc(C)cc21. The minimum Gasteiger partial charge on any atom is -0.335 e. The van der Waals surface area contributed by atoms with Crippen molar-refractivity contribution in [1.82, 2.24) is 0 Å². The van der Waals surface area contributed by atoms with E-state index in [4.69, 9.17) is 4.18 Å². The average Bonchev–Trinajstić information content (AvgIpc) is 3.44. The minimum atomic E-state index is 0.435. The molecule has 3 unspecified atom stereocenters. The monoisotopic (exact) mass is 561 g/mol. The van der Waals surface area contributed by atoms with Gasteiger partial charge in [0.15, 0.2) is 5.37 Å². The molecule has 2 aliphatic carbocycles. The molecule has 4 aliphatic rings. The zero-order valence-corrected chi connectivity index (χ0v) is 25.2. The lowest BCUT2D eigenvalue weighted by molar-refractivity contribution is -0.833. The fourth-order valence-corrected chi connectivity index (χ4v) is 9.23. The van der Waals surface area contributed by atoms with Gasteiger partial charge in [-0.05, 0) is 111 Å². The number of thioether (sulfide) groups is 2. The highest BCUT2D eigenvalue weighted by molar-refractivity contribution is 8.03. The Hall–Kier alpha value is -1.83. The molecule has 0 bridgehead atoms. The molecular formula is C32H37N2OS3+. The predicted molar refractivity (Wildman–Crippen MR) is 164 cm³/mol. The summed E-state index contributed by atoms with van der Waals surface area (Å²) >= 11 is 5.39. The van der Waals surface area contributed by atoms with E-state index in [-0.39, 0.29) is 0 Å². The third-order valence-electron chi connectivity index (χ3n) is 8.07. The summed E-state index contributed by atoms with van der Waals surface area (Å²) in [6, 6.07) is 13.6. The van der Waals surface area contributed by atoms with Gasteiger partial charge in [-0.2, -0.15) is 0 Å². The van der Waals surface area contributed by atoms with Crippen LogP contribution in [0.3, 0.4) is 0 Å². The van der Waals surface area contributed by atoms with E-state index in [9.17, 15) is 0 Å². The van der Waals surface area contributed by atoms with E-state index in [2.05, 4.69) is 86.4 Å². The third kappa shape index (κ3) is 5.18. The first kappa shape index (κ1) is 26.4. The van der Waals surface area contributed by atoms with Gasteiger partial charge >= 0.3 is 0 Å². The van der Waals surface area contributed by atoms with Crippen LogP contribution in [0.15, 0.2) is 97.1 Å². The fourth-order valence-electron chi connectivity index (χ4n) is 6.15. The van der Waals surface area contributed by atoms with Gasteiger partial charge in [0.25, 0.3) is 0 Å². The molecule has 38 heavy (non-hydrogen) atoms. The molecule has 0 saturated heterocycles. The van der Waals surface area contributed by atoms with E-state index in [0.29, 0.717) is 11.3 Å². The maximum Gasteiger partial charge on any atom is 0.163 e. The number of nitrogens with one attached hydrogen (secondary N) is 1. The van der Waals surface area contributed by atoms with Gasteiger partial charge < -0.3 is 9.08 Å². The zero-order valence-electron chi connectivity index (χ0n) is 22.8. The van der Waals surface area contributed by atoms with Crippen LogP contribution in [0.5, 0.6) is 0 Å². The van der Waals surface area contributed by atoms with E-state index >= 15 is 0 Å². The van der Waals surface area contributed by atoms with Crippen LogP contribution in [-0.4, -0.2) is 25.6 Å². The number of benzene rings is 2. The van der Waals surface area contributed by atoms with Gasteiger partial charge in [-0.1, -0.05) is 41.7 Å². The van der Waals surface area contributed by atoms with Crippen molar-refractivity contribution in [3.05, 3.63) is 88.0 Å². The molecule has 198 valence electrons. The first-order valence-corrected chi connectivity index (χ1v) is 16.3. The number of hydrogen-bond acceptors (Lipinski definition) is 5. The van der Waals surface area contributed by atoms with Gasteiger partial charge in [0.1, 0.15) is 5.69 Å². The number of likely N-dealkylation sites (N-methyl/N-ethyl adjacent to an activating group) is 1. The molecule has 0 saturated carbocycles. The molecule has 0 amide bonds. The van der Waals surface area contributed by atoms with Gasteiger partial charge in [0.05, 0.1) is 29.3 Å². The van der Waals surface area contributed by atoms with Gasteiger partial charge in [0.2, 0.25) is 0 Å². The number of allylic oxidation sites excluding steroid dienone is 6. The molecular weight excluding hydrogens is 525 g/mol. The summed E-state index contributed by atoms with van der Waals surface area (Å²) in [7, 11) is 1.74. The maximum absolute atomic E-state index is 5.31. The third-order valence-corrected chi connectivity index (χ3v) is 11.1. The molecule has 2 aliphatic heterocycles. The molecule has 3 nitrogen and oxygen atoms in total. The lowest BCUT2D eigenvalue weighted by Gasteiger charge is -2.29. The van der Waals surface area contributed by atoms with Crippen LogP contribution in [0.2, 0.25) is 0 Å². The van der Waals surface area contributed by atoms with Crippen molar-refractivity contribution in [3.8, 4) is 0 Å². The largest absolute Gasteiger partial charge is 0.335 e. The van der Waals surface area contributed by atoms with Gasteiger partial charge in [-0.25, -0.2) is 0 Å². The molecule has 2 aromatic carbocycles. The minimum absolute atomic E-state index is 0.435. The lowest BCUT2D eigenvalue weighted by atomic mass is 9.77. The average molecular weight is 562 g/mol. The fraction of sp³-hybridized carbons (Fsp3) is 0.375. The Morgan fingerprint density at radius 2 is 1.92 bits per heavy atom. The second kappa shape index (κ2) is 11.3. The van der Waals surface area contributed by atoms with Crippen LogP contribution in [-0.2, 0) is 4.18 Å². The van der Waals surface area contributed by atoms with Crippen molar-refractivity contribution in [2.75, 3.05) is 25.1 Å². The van der Waals surface area contributed by atoms with Crippen molar-refractivity contribution in [1.29, 1.82) is 0 Å². The van der Waals surface area contributed by atoms with E-state index in [1.165, 1.54) is 91.1 Å². The van der Waals surface area contributed by atoms with Crippen LogP contribution in [0.25, 0.3) is 0 Å². The molecule has 1 N–H and O–H groups in total. The summed E-state index contributed by atoms with van der Waals surface area (Å²) in [4.78, 5) is 8.00. The van der Waals surface area contributed by atoms with Gasteiger partial charge in [0, 0.05) is 34.4 Å². The second-order valence-electron chi connectivity index (χ2n) is 10.5. The Morgan fingerprint density at radius 1 is 1.08 bits per heavy atom. The first-order valence-electron chi connectivity index (χ1n) is 13.8. The summed E-state index contributed by atoms with van der Waals surface area (Å²) in [5.41, 5.74) is 8.64. The molecule has 0 spiro atoms. The molecule has 2 heterocycles. The Bertz CT molecular complexity index is 1360. The number of nitrogens with zero attached hydrogens (tertiary/aromatic N) is 1. The Kier molecular flexibility index (Phi) is 7.88. The topological polar surface area (TPSA) is 16.9 Å². The molecule has 6 rings (SSSR count). The highest BCUT2D eigenvalue weighted by atomic mass is 32.2. The van der Waals surface area contributed by atoms with Crippen LogP contribution in [0.4, 0.5) is 11.4 Å². The van der Waals surface area contributed by atoms with Gasteiger partial charge in [-0.3, -0.25) is 4.90 Å². The van der Waals surface area contributed by atoms with Crippen LogP contribution in [0.1, 0.15) is 45.1 Å². The van der Waals surface area contributed by atoms with Crippen molar-refractivity contribution >= 4 is 46.9 Å². The first-order chi connectivity index (χ1) is 18.6. The summed E-state index contributed by atoms with van der Waals surface area (Å²) in [6.07, 6.45) is 15.0. The number of anilines is 1. The van der Waals surface area contributed by atoms with E-state index < -0.39 is 0 Å². The summed E-state index contributed by atoms with van der Waals surface area (Å²) in [5, 5.41) is 1.81. The van der Waals surface area contributed by atoms with Gasteiger partial charge in [-0.15, -0.1) is 0 Å². The lowest BCUT2D eigenvalue weighted by Crippen LogP contribution is -3.08. The second-order valence-corrected chi connectivity index (χ2v) is 13.7. The quantitative estimate of drug-likeness (QED) is 0.358. The molecule has 2 aromatic rings. The number of quaternary nitrogens is 1. The van der Waals surface area contributed by atoms with Crippen molar-refractivity contribution < 1.29 is 9.08 Å². The Balaban J connectivity index is 1.24. The van der Waals surface area contributed by atoms with Crippen LogP contribution >= 0.6 is 35.6 Å². The van der Waals surface area contributed by atoms with Crippen molar-refractivity contribution in [3.63, 3.8) is 0 Å². The highest BCUT2D eigenvalue weighted by Crippen LogP contribution is 2.47. The Labute approximate surface area is 240 Å². The summed E-state index contributed by atoms with van der Waals surface area (Å²) < 4.78 is 5.31. The number of fused-ring (bicyclic) bond motifs is 3. The van der Waals surface area contributed by atoms with Crippen LogP contribution < -0.4 is 9.80 Å². The smallest absolute Gasteiger partial charge is 0.163 e. The highest BCUT2D eigenvalue weighted by Gasteiger charge is 2.34. The van der Waals surface area contributed by atoms with Crippen molar-refractivity contribution in [2.24, 2.45) is 5.92 Å².